The van der Waals surface area contributed by atoms with Crippen molar-refractivity contribution in [1.29, 1.82) is 0 Å². The summed E-state index contributed by atoms with van der Waals surface area (Å²) in [5.41, 5.74) is -0.916. The van der Waals surface area contributed by atoms with Crippen molar-refractivity contribution in [2.24, 2.45) is 34.0 Å². The fraction of sp³-hybridized carbons (Fsp3) is 0.957. The maximum atomic E-state index is 11.4. The fourth-order valence-corrected chi connectivity index (χ4v) is 7.72. The van der Waals surface area contributed by atoms with Crippen LogP contribution in [0, 0.1) is 34.0 Å². The van der Waals surface area contributed by atoms with Gasteiger partial charge in [0.25, 0.3) is 0 Å². The largest absolute Gasteiger partial charge is 0.463 e. The minimum Gasteiger partial charge on any atom is -0.463 e. The van der Waals surface area contributed by atoms with Gasteiger partial charge in [-0.1, -0.05) is 34.1 Å². The van der Waals surface area contributed by atoms with Gasteiger partial charge in [-0.2, -0.15) is 0 Å². The number of carbonyl (C=O) groups is 1. The molecule has 3 aliphatic rings. The van der Waals surface area contributed by atoms with E-state index < -0.39 is 24.3 Å². The summed E-state index contributed by atoms with van der Waals surface area (Å²) in [6.45, 7) is 10.1. The van der Waals surface area contributed by atoms with Gasteiger partial charge in [0.05, 0.1) is 6.61 Å². The van der Waals surface area contributed by atoms with Crippen molar-refractivity contribution in [3.8, 4) is 0 Å². The predicted octanol–water partition coefficient (Wildman–Crippen LogP) is 3.29. The zero-order chi connectivity index (χ0) is 21.0. The molecule has 5 nitrogen and oxygen atoms in total. The van der Waals surface area contributed by atoms with E-state index in [1.54, 1.807) is 0 Å². The number of carbonyl (C=O) groups excluding carboxylic acids is 1. The molecule has 0 bridgehead atoms. The van der Waals surface area contributed by atoms with Gasteiger partial charge in [-0.15, -0.1) is 0 Å². The van der Waals surface area contributed by atoms with Crippen molar-refractivity contribution >= 4 is 5.97 Å². The van der Waals surface area contributed by atoms with Crippen LogP contribution in [0.2, 0.25) is 0 Å². The Labute approximate surface area is 169 Å². The Morgan fingerprint density at radius 1 is 1.18 bits per heavy atom. The minimum atomic E-state index is -1.60. The summed E-state index contributed by atoms with van der Waals surface area (Å²) in [4.78, 5) is 11.4. The third-order valence-electron chi connectivity index (χ3n) is 9.11. The van der Waals surface area contributed by atoms with Crippen LogP contribution in [0.1, 0.15) is 79.6 Å². The van der Waals surface area contributed by atoms with Crippen molar-refractivity contribution < 1.29 is 24.9 Å². The number of aliphatic hydroxyl groups is 3. The molecule has 162 valence electrons. The average Bonchev–Trinajstić information content (AvgIpc) is 2.97. The third kappa shape index (κ3) is 3.41. The van der Waals surface area contributed by atoms with Crippen LogP contribution in [0.3, 0.4) is 0 Å². The lowest BCUT2D eigenvalue weighted by Crippen LogP contribution is -2.54. The topological polar surface area (TPSA) is 87.0 Å². The highest BCUT2D eigenvalue weighted by Gasteiger charge is 2.63. The highest BCUT2D eigenvalue weighted by atomic mass is 16.5. The number of esters is 1. The van der Waals surface area contributed by atoms with E-state index >= 15 is 0 Å². The van der Waals surface area contributed by atoms with Gasteiger partial charge < -0.3 is 20.1 Å². The Morgan fingerprint density at radius 2 is 1.86 bits per heavy atom. The maximum absolute atomic E-state index is 11.4. The van der Waals surface area contributed by atoms with Gasteiger partial charge in [0, 0.05) is 6.92 Å². The van der Waals surface area contributed by atoms with Crippen LogP contribution in [0.25, 0.3) is 0 Å². The van der Waals surface area contributed by atoms with Gasteiger partial charge in [0.2, 0.25) is 0 Å². The molecule has 7 atom stereocenters. The summed E-state index contributed by atoms with van der Waals surface area (Å²) in [5, 5.41) is 31.4. The molecule has 5 heteroatoms. The van der Waals surface area contributed by atoms with E-state index in [2.05, 4.69) is 27.7 Å². The molecule has 28 heavy (non-hydrogen) atoms. The normalized spacial score (nSPS) is 42.8. The lowest BCUT2D eigenvalue weighted by atomic mass is 9.44. The van der Waals surface area contributed by atoms with Crippen molar-refractivity contribution in [2.45, 2.75) is 91.3 Å². The lowest BCUT2D eigenvalue weighted by molar-refractivity contribution is -0.177. The number of aliphatic hydroxyl groups excluding tert-OH is 2. The quantitative estimate of drug-likeness (QED) is 0.621. The van der Waals surface area contributed by atoms with Crippen LogP contribution in [-0.2, 0) is 9.53 Å². The molecule has 0 aromatic carbocycles. The van der Waals surface area contributed by atoms with E-state index in [9.17, 15) is 20.1 Å². The lowest BCUT2D eigenvalue weighted by Gasteiger charge is -2.61. The Kier molecular flexibility index (Phi) is 5.70. The predicted molar refractivity (Wildman–Crippen MR) is 107 cm³/mol. The van der Waals surface area contributed by atoms with E-state index in [0.29, 0.717) is 17.3 Å². The maximum Gasteiger partial charge on any atom is 0.302 e. The Hall–Kier alpha value is -0.650. The first-order chi connectivity index (χ1) is 12.9. The van der Waals surface area contributed by atoms with Crippen LogP contribution >= 0.6 is 0 Å². The highest BCUT2D eigenvalue weighted by Crippen LogP contribution is 2.70. The summed E-state index contributed by atoms with van der Waals surface area (Å²) in [6.07, 6.45) is 6.40. The van der Waals surface area contributed by atoms with E-state index in [-0.39, 0.29) is 23.4 Å². The van der Waals surface area contributed by atoms with Crippen LogP contribution in [0.15, 0.2) is 0 Å². The molecule has 0 radical (unpaired) electrons. The molecule has 3 rings (SSSR count). The molecule has 0 aliphatic heterocycles. The minimum absolute atomic E-state index is 0.114. The van der Waals surface area contributed by atoms with E-state index in [1.807, 2.05) is 0 Å². The molecule has 0 aromatic rings. The average molecular weight is 397 g/mol. The first kappa shape index (κ1) is 22.0. The molecule has 3 N–H and O–H groups in total. The number of ether oxygens (including phenoxy) is 1. The molecule has 2 unspecified atom stereocenters. The van der Waals surface area contributed by atoms with Crippen LogP contribution < -0.4 is 0 Å². The summed E-state index contributed by atoms with van der Waals surface area (Å²) < 4.78 is 5.13. The van der Waals surface area contributed by atoms with Crippen molar-refractivity contribution in [3.05, 3.63) is 0 Å². The smallest absolute Gasteiger partial charge is 0.302 e. The second-order valence-corrected chi connectivity index (χ2v) is 11.3. The summed E-state index contributed by atoms with van der Waals surface area (Å²) in [6, 6.07) is 0. The molecular weight excluding hydrogens is 356 g/mol. The number of rotatable bonds is 5. The fourth-order valence-electron chi connectivity index (χ4n) is 7.72. The van der Waals surface area contributed by atoms with E-state index in [0.717, 1.165) is 19.3 Å². The molecule has 0 saturated heterocycles. The first-order valence-electron chi connectivity index (χ1n) is 11.0. The Bertz CT molecular complexity index is 604. The molecule has 3 saturated carbocycles. The molecule has 0 spiro atoms. The third-order valence-corrected chi connectivity index (χ3v) is 9.11. The standard InChI is InChI=1S/C23H40O5/c1-15(25)28-14-23(27,19(26)13-24)16-11-18-21(4,12-16)10-7-17-20(2,3)8-6-9-22(17,18)5/h16-19,24,26-27H,6-14H2,1-5H3/t16-,17+,18+,19?,21+,22+,23?/m1/s1. The van der Waals surface area contributed by atoms with E-state index in [1.165, 1.54) is 32.6 Å². The van der Waals surface area contributed by atoms with Crippen LogP contribution in [0.4, 0.5) is 0 Å². The monoisotopic (exact) mass is 396 g/mol. The first-order valence-corrected chi connectivity index (χ1v) is 11.0. The highest BCUT2D eigenvalue weighted by molar-refractivity contribution is 5.66. The second-order valence-electron chi connectivity index (χ2n) is 11.3. The van der Waals surface area contributed by atoms with Crippen molar-refractivity contribution in [1.82, 2.24) is 0 Å². The number of hydrogen-bond acceptors (Lipinski definition) is 5. The van der Waals surface area contributed by atoms with Gasteiger partial charge in [0.15, 0.2) is 0 Å². The zero-order valence-corrected chi connectivity index (χ0v) is 18.3. The number of fused-ring (bicyclic) bond motifs is 3. The molecule has 3 aliphatic carbocycles. The van der Waals surface area contributed by atoms with Gasteiger partial charge in [-0.25, -0.2) is 0 Å². The molecule has 0 amide bonds. The molecular formula is C23H40O5. The van der Waals surface area contributed by atoms with Gasteiger partial charge >= 0.3 is 5.97 Å². The molecule has 3 fully saturated rings. The Balaban J connectivity index is 1.91. The van der Waals surface area contributed by atoms with E-state index in [4.69, 9.17) is 4.74 Å². The van der Waals surface area contributed by atoms with Crippen LogP contribution in [0.5, 0.6) is 0 Å². The summed E-state index contributed by atoms with van der Waals surface area (Å²) >= 11 is 0. The second kappa shape index (κ2) is 7.24. The van der Waals surface area contributed by atoms with Crippen LogP contribution in [-0.4, -0.2) is 46.2 Å². The van der Waals surface area contributed by atoms with Gasteiger partial charge in [-0.3, -0.25) is 4.79 Å². The summed E-state index contributed by atoms with van der Waals surface area (Å²) in [5.74, 6) is 0.476. The molecule has 0 heterocycles. The van der Waals surface area contributed by atoms with Crippen molar-refractivity contribution in [2.75, 3.05) is 13.2 Å². The SMILES string of the molecule is CC(=O)OCC(O)(C(O)CO)[C@@H]1C[C@H]2[C@@](C)(CC[C@H]3C(C)(C)CCC[C@@]32C)C1. The van der Waals surface area contributed by atoms with Gasteiger partial charge in [0.1, 0.15) is 18.3 Å². The zero-order valence-electron chi connectivity index (χ0n) is 18.3. The number of hydrogen-bond donors (Lipinski definition) is 3. The van der Waals surface area contributed by atoms with Gasteiger partial charge in [-0.05, 0) is 72.5 Å². The molecule has 0 aromatic heterocycles. The van der Waals surface area contributed by atoms with Crippen molar-refractivity contribution in [3.63, 3.8) is 0 Å². The summed E-state index contributed by atoms with van der Waals surface area (Å²) in [7, 11) is 0. The Morgan fingerprint density at radius 3 is 2.46 bits per heavy atom.